The average Bonchev–Trinajstić information content (AvgIpc) is 1.99. The fraction of sp³-hybridized carbons (Fsp3) is 0.222. The van der Waals surface area contributed by atoms with Crippen molar-refractivity contribution in [2.24, 2.45) is 4.99 Å². The van der Waals surface area contributed by atoms with E-state index in [1.807, 2.05) is 13.2 Å². The Morgan fingerprint density at radius 3 is 2.18 bits per heavy atom. The molecule has 60 valence electrons. The molecule has 0 aromatic rings. The molecule has 0 unspecified atom stereocenters. The van der Waals surface area contributed by atoms with E-state index >= 15 is 0 Å². The van der Waals surface area contributed by atoms with Gasteiger partial charge in [0.25, 0.3) is 0 Å². The number of thioether (sulfide) groups is 1. The third kappa shape index (κ3) is 2.76. The maximum absolute atomic E-state index is 3.83. The van der Waals surface area contributed by atoms with Crippen LogP contribution in [0.4, 0.5) is 0 Å². The Balaban J connectivity index is 4.92. The first-order valence-electron chi connectivity index (χ1n) is 3.20. The summed E-state index contributed by atoms with van der Waals surface area (Å²) in [6.45, 7) is 12.9. The lowest BCUT2D eigenvalue weighted by atomic mass is 10.2. The minimum Gasteiger partial charge on any atom is -0.264 e. The highest BCUT2D eigenvalue weighted by Crippen LogP contribution is 2.24. The standard InChI is InChI=1S/C9H13NS/c1-6-8(10-4)9(11-5)7(2)3/h6H,1-2,4H2,3,5H3/b9-8+. The van der Waals surface area contributed by atoms with Gasteiger partial charge in [-0.2, -0.15) is 0 Å². The molecule has 0 saturated heterocycles. The first-order valence-corrected chi connectivity index (χ1v) is 4.43. The van der Waals surface area contributed by atoms with Crippen molar-refractivity contribution in [2.75, 3.05) is 6.26 Å². The highest BCUT2D eigenvalue weighted by atomic mass is 32.2. The molecule has 0 fully saturated rings. The summed E-state index contributed by atoms with van der Waals surface area (Å²) in [6, 6.07) is 0. The molecule has 0 aromatic carbocycles. The minimum atomic E-state index is 0.810. The summed E-state index contributed by atoms with van der Waals surface area (Å²) in [6.07, 6.45) is 3.67. The normalized spacial score (nSPS) is 11.8. The number of rotatable bonds is 4. The van der Waals surface area contributed by atoms with Crippen molar-refractivity contribution in [3.05, 3.63) is 35.4 Å². The van der Waals surface area contributed by atoms with E-state index < -0.39 is 0 Å². The summed E-state index contributed by atoms with van der Waals surface area (Å²) in [5.41, 5.74) is 1.81. The molecular weight excluding hydrogens is 154 g/mol. The van der Waals surface area contributed by atoms with Crippen molar-refractivity contribution in [2.45, 2.75) is 6.92 Å². The molecule has 1 nitrogen and oxygen atoms in total. The fourth-order valence-electron chi connectivity index (χ4n) is 0.726. The van der Waals surface area contributed by atoms with Gasteiger partial charge < -0.3 is 0 Å². The quantitative estimate of drug-likeness (QED) is 0.463. The van der Waals surface area contributed by atoms with Crippen LogP contribution in [-0.2, 0) is 0 Å². The van der Waals surface area contributed by atoms with Crippen molar-refractivity contribution in [3.63, 3.8) is 0 Å². The highest BCUT2D eigenvalue weighted by molar-refractivity contribution is 8.02. The van der Waals surface area contributed by atoms with Gasteiger partial charge in [-0.3, -0.25) is 4.99 Å². The molecule has 0 rings (SSSR count). The second-order valence-corrected chi connectivity index (χ2v) is 2.88. The summed E-state index contributed by atoms with van der Waals surface area (Å²) < 4.78 is 0. The second kappa shape index (κ2) is 4.97. The van der Waals surface area contributed by atoms with E-state index in [0.29, 0.717) is 0 Å². The van der Waals surface area contributed by atoms with E-state index in [0.717, 1.165) is 16.2 Å². The topological polar surface area (TPSA) is 12.4 Å². The van der Waals surface area contributed by atoms with Gasteiger partial charge in [0.15, 0.2) is 0 Å². The van der Waals surface area contributed by atoms with Gasteiger partial charge in [-0.1, -0.05) is 13.2 Å². The minimum absolute atomic E-state index is 0.810. The summed E-state index contributed by atoms with van der Waals surface area (Å²) >= 11 is 1.61. The molecule has 0 saturated carbocycles. The molecule has 11 heavy (non-hydrogen) atoms. The molecule has 0 aromatic heterocycles. The van der Waals surface area contributed by atoms with Crippen LogP contribution in [0.2, 0.25) is 0 Å². The SMILES string of the molecule is C=C/C(N=C)=C(\SC)C(=C)C. The zero-order chi connectivity index (χ0) is 8.85. The third-order valence-corrected chi connectivity index (χ3v) is 2.15. The molecule has 0 atom stereocenters. The molecule has 0 amide bonds. The lowest BCUT2D eigenvalue weighted by Crippen LogP contribution is -1.82. The maximum Gasteiger partial charge on any atom is 0.0754 e. The van der Waals surface area contributed by atoms with Crippen LogP contribution in [0, 0.1) is 0 Å². The first kappa shape index (κ1) is 10.2. The van der Waals surface area contributed by atoms with Crippen molar-refractivity contribution in [3.8, 4) is 0 Å². The average molecular weight is 167 g/mol. The smallest absolute Gasteiger partial charge is 0.0754 e. The Hall–Kier alpha value is -0.760. The second-order valence-electron chi connectivity index (χ2n) is 2.06. The van der Waals surface area contributed by atoms with Crippen LogP contribution in [0.15, 0.2) is 40.4 Å². The van der Waals surface area contributed by atoms with Crippen LogP contribution in [0.3, 0.4) is 0 Å². The molecule has 0 bridgehead atoms. The first-order chi connectivity index (χ1) is 5.17. The van der Waals surface area contributed by atoms with Gasteiger partial charge >= 0.3 is 0 Å². The Morgan fingerprint density at radius 2 is 2.09 bits per heavy atom. The van der Waals surface area contributed by atoms with Gasteiger partial charge in [0.05, 0.1) is 5.70 Å². The lowest BCUT2D eigenvalue weighted by molar-refractivity contribution is 1.38. The Morgan fingerprint density at radius 1 is 1.55 bits per heavy atom. The van der Waals surface area contributed by atoms with Gasteiger partial charge in [-0.05, 0) is 31.5 Å². The number of aliphatic imine (C=N–C) groups is 1. The van der Waals surface area contributed by atoms with E-state index in [-0.39, 0.29) is 0 Å². The largest absolute Gasteiger partial charge is 0.264 e. The van der Waals surface area contributed by atoms with Gasteiger partial charge in [-0.15, -0.1) is 11.8 Å². The zero-order valence-corrected chi connectivity index (χ0v) is 7.87. The van der Waals surface area contributed by atoms with Crippen LogP contribution < -0.4 is 0 Å². The number of nitrogens with zero attached hydrogens (tertiary/aromatic N) is 1. The third-order valence-electron chi connectivity index (χ3n) is 1.19. The summed E-state index contributed by atoms with van der Waals surface area (Å²) in [7, 11) is 0. The molecule has 0 aliphatic heterocycles. The van der Waals surface area contributed by atoms with Gasteiger partial charge in [0, 0.05) is 4.91 Å². The highest BCUT2D eigenvalue weighted by Gasteiger charge is 2.00. The van der Waals surface area contributed by atoms with Crippen molar-refractivity contribution >= 4 is 18.5 Å². The summed E-state index contributed by atoms with van der Waals surface area (Å²) in [4.78, 5) is 4.88. The van der Waals surface area contributed by atoms with E-state index in [1.54, 1.807) is 17.8 Å². The van der Waals surface area contributed by atoms with Crippen LogP contribution in [-0.4, -0.2) is 13.0 Å². The van der Waals surface area contributed by atoms with Gasteiger partial charge in [-0.25, -0.2) is 0 Å². The predicted octanol–water partition coefficient (Wildman–Crippen LogP) is 3.02. The monoisotopic (exact) mass is 167 g/mol. The van der Waals surface area contributed by atoms with E-state index in [1.165, 1.54) is 0 Å². The Bertz CT molecular complexity index is 204. The Kier molecular flexibility index (Phi) is 4.62. The molecule has 0 aliphatic carbocycles. The van der Waals surface area contributed by atoms with Crippen molar-refractivity contribution in [1.29, 1.82) is 0 Å². The maximum atomic E-state index is 3.83. The molecule has 0 N–H and O–H groups in total. The zero-order valence-electron chi connectivity index (χ0n) is 7.05. The summed E-state index contributed by atoms with van der Waals surface area (Å²) in [5, 5.41) is 0. The fourth-order valence-corrected chi connectivity index (χ4v) is 1.43. The van der Waals surface area contributed by atoms with Gasteiger partial charge in [0.2, 0.25) is 0 Å². The summed E-state index contributed by atoms with van der Waals surface area (Å²) in [5.74, 6) is 0. The molecular formula is C9H13NS. The number of hydrogen-bond donors (Lipinski definition) is 0. The van der Waals surface area contributed by atoms with E-state index in [9.17, 15) is 0 Å². The number of allylic oxidation sites excluding steroid dienone is 2. The predicted molar refractivity (Wildman–Crippen MR) is 55.1 cm³/mol. The van der Waals surface area contributed by atoms with E-state index in [4.69, 9.17) is 0 Å². The molecule has 0 spiro atoms. The lowest BCUT2D eigenvalue weighted by Gasteiger charge is -2.04. The molecule has 0 aliphatic rings. The van der Waals surface area contributed by atoms with Crippen LogP contribution in [0.25, 0.3) is 0 Å². The van der Waals surface area contributed by atoms with Crippen LogP contribution in [0.5, 0.6) is 0 Å². The van der Waals surface area contributed by atoms with Gasteiger partial charge in [0.1, 0.15) is 0 Å². The van der Waals surface area contributed by atoms with Crippen molar-refractivity contribution < 1.29 is 0 Å². The van der Waals surface area contributed by atoms with Crippen molar-refractivity contribution in [1.82, 2.24) is 0 Å². The van der Waals surface area contributed by atoms with Crippen LogP contribution in [0.1, 0.15) is 6.92 Å². The number of hydrogen-bond acceptors (Lipinski definition) is 2. The molecule has 2 heteroatoms. The molecule has 0 heterocycles. The van der Waals surface area contributed by atoms with Crippen LogP contribution >= 0.6 is 11.8 Å². The van der Waals surface area contributed by atoms with E-state index in [2.05, 4.69) is 24.9 Å². The molecule has 0 radical (unpaired) electrons. The Labute approximate surface area is 72.6 Å².